The van der Waals surface area contributed by atoms with Crippen LogP contribution in [0.1, 0.15) is 51.4 Å². The zero-order chi connectivity index (χ0) is 14.9. The van der Waals surface area contributed by atoms with E-state index in [2.05, 4.69) is 48.6 Å². The Bertz CT molecular complexity index is 224. The van der Waals surface area contributed by atoms with Crippen molar-refractivity contribution < 1.29 is 32.6 Å². The predicted molar refractivity (Wildman–Crippen MR) is 80.6 cm³/mol. The second-order valence-electron chi connectivity index (χ2n) is 4.44. The van der Waals surface area contributed by atoms with Crippen molar-refractivity contribution >= 4 is 0 Å². The monoisotopic (exact) mass is 389 g/mol. The molecule has 21 heavy (non-hydrogen) atoms. The van der Waals surface area contributed by atoms with E-state index in [0.29, 0.717) is 0 Å². The van der Waals surface area contributed by atoms with Crippen LogP contribution < -0.4 is 0 Å². The van der Waals surface area contributed by atoms with Crippen molar-refractivity contribution in [3.8, 4) is 0 Å². The first-order valence-electron chi connectivity index (χ1n) is 7.25. The molecule has 2 aliphatic carbocycles. The summed E-state index contributed by atoms with van der Waals surface area (Å²) in [6.07, 6.45) is 28.0. The van der Waals surface area contributed by atoms with Gasteiger partial charge in [0.25, 0.3) is 0 Å². The second-order valence-corrected chi connectivity index (χ2v) is 4.44. The Labute approximate surface area is 139 Å². The molecule has 2 rings (SSSR count). The van der Waals surface area contributed by atoms with Crippen LogP contribution in [-0.2, 0) is 19.5 Å². The summed E-state index contributed by atoms with van der Waals surface area (Å²) in [6.45, 7) is -3.67. The molecule has 0 saturated carbocycles. The van der Waals surface area contributed by atoms with Crippen molar-refractivity contribution in [3.63, 3.8) is 0 Å². The molecule has 0 fully saturated rings. The maximum Gasteiger partial charge on any atom is 0.379 e. The van der Waals surface area contributed by atoms with Crippen molar-refractivity contribution in [2.45, 2.75) is 58.0 Å². The average Bonchev–Trinajstić information content (AvgIpc) is 2.26. The quantitative estimate of drug-likeness (QED) is 0.327. The van der Waals surface area contributed by atoms with Gasteiger partial charge >= 0.3 is 6.68 Å². The van der Waals surface area contributed by atoms with Crippen molar-refractivity contribution in [1.29, 1.82) is 0 Å². The molecule has 0 nitrogen and oxygen atoms in total. The van der Waals surface area contributed by atoms with Crippen molar-refractivity contribution in [1.82, 2.24) is 0 Å². The van der Waals surface area contributed by atoms with E-state index in [0.717, 1.165) is 0 Å². The molecular weight excluding hydrogens is 364 g/mol. The molecule has 0 saturated heterocycles. The van der Waals surface area contributed by atoms with Crippen molar-refractivity contribution in [2.75, 3.05) is 0 Å². The second kappa shape index (κ2) is 19.4. The van der Waals surface area contributed by atoms with Crippen LogP contribution in [0.25, 0.3) is 0 Å². The number of hydrogen-bond donors (Lipinski definition) is 0. The summed E-state index contributed by atoms with van der Waals surface area (Å²) >= 11 is 0. The smallest absolute Gasteiger partial charge is 0.174 e. The largest absolute Gasteiger partial charge is 0.379 e. The number of allylic oxidation sites excluding steroid dienone is 8. The van der Waals surface area contributed by atoms with Crippen LogP contribution in [0.4, 0.5) is 13.2 Å². The summed E-state index contributed by atoms with van der Waals surface area (Å²) in [5, 5.41) is 0. The average molecular weight is 389 g/mol. The van der Waals surface area contributed by atoms with Gasteiger partial charge in [-0.3, -0.25) is 0 Å². The van der Waals surface area contributed by atoms with E-state index < -0.39 is 6.68 Å². The molecule has 0 atom stereocenters. The summed E-state index contributed by atoms with van der Waals surface area (Å²) in [5.41, 5.74) is 0. The van der Waals surface area contributed by atoms with Gasteiger partial charge in [-0.05, 0) is 51.4 Å². The van der Waals surface area contributed by atoms with Crippen molar-refractivity contribution in [2.24, 2.45) is 0 Å². The molecule has 4 heteroatoms. The number of halogens is 3. The SMILES string of the molecule is C1=CCCC=CCC1.C1=CCCC=CCC1.FC(F)F.[Rh]. The first-order valence-corrected chi connectivity index (χ1v) is 7.25. The minimum absolute atomic E-state index is 0. The Balaban J connectivity index is 0. The fraction of sp³-hybridized carbons (Fsp3) is 0.529. The third-order valence-corrected chi connectivity index (χ3v) is 2.67. The number of alkyl halides is 3. The van der Waals surface area contributed by atoms with Crippen LogP contribution >= 0.6 is 0 Å². The first-order chi connectivity index (χ1) is 9.73. The van der Waals surface area contributed by atoms with E-state index in [-0.39, 0.29) is 19.5 Å². The van der Waals surface area contributed by atoms with Crippen LogP contribution in [0, 0.1) is 0 Å². The van der Waals surface area contributed by atoms with Gasteiger partial charge in [-0.25, -0.2) is 0 Å². The van der Waals surface area contributed by atoms with Crippen LogP contribution in [-0.4, -0.2) is 6.68 Å². The van der Waals surface area contributed by atoms with E-state index in [1.54, 1.807) is 0 Å². The minimum Gasteiger partial charge on any atom is -0.174 e. The van der Waals surface area contributed by atoms with Gasteiger partial charge in [0, 0.05) is 19.5 Å². The zero-order valence-corrected chi connectivity index (χ0v) is 14.0. The molecule has 2 aliphatic rings. The fourth-order valence-electron chi connectivity index (χ4n) is 1.71. The van der Waals surface area contributed by atoms with Gasteiger partial charge < -0.3 is 0 Å². The zero-order valence-electron chi connectivity index (χ0n) is 12.3. The molecule has 0 spiro atoms. The molecule has 0 aromatic carbocycles. The van der Waals surface area contributed by atoms with E-state index in [4.69, 9.17) is 0 Å². The van der Waals surface area contributed by atoms with Gasteiger partial charge in [0.1, 0.15) is 0 Å². The molecule has 0 N–H and O–H groups in total. The Kier molecular flexibility index (Phi) is 20.9. The maximum atomic E-state index is 9.67. The summed E-state index contributed by atoms with van der Waals surface area (Å²) in [7, 11) is 0. The standard InChI is InChI=1S/2C8H12.CHF3.Rh/c2*1-2-4-6-8-7-5-3-1;2-1(3)4;/h2*1-2,7-8H,3-6H2;1H;. The van der Waals surface area contributed by atoms with Gasteiger partial charge in [-0.1, -0.05) is 48.6 Å². The number of hydrogen-bond acceptors (Lipinski definition) is 0. The molecule has 0 aromatic heterocycles. The summed E-state index contributed by atoms with van der Waals surface area (Å²) in [4.78, 5) is 0. The molecule has 0 amide bonds. The minimum atomic E-state index is -3.67. The van der Waals surface area contributed by atoms with Crippen LogP contribution in [0.3, 0.4) is 0 Å². The molecule has 0 aromatic rings. The Morgan fingerprint density at radius 2 is 0.524 bits per heavy atom. The van der Waals surface area contributed by atoms with Crippen molar-refractivity contribution in [3.05, 3.63) is 48.6 Å². The topological polar surface area (TPSA) is 0 Å². The van der Waals surface area contributed by atoms with Gasteiger partial charge in [0.2, 0.25) is 0 Å². The molecule has 123 valence electrons. The predicted octanol–water partition coefficient (Wildman–Crippen LogP) is 6.52. The van der Waals surface area contributed by atoms with Gasteiger partial charge in [-0.15, -0.1) is 0 Å². The van der Waals surface area contributed by atoms with Crippen LogP contribution in [0.15, 0.2) is 48.6 Å². The Morgan fingerprint density at radius 3 is 0.619 bits per heavy atom. The summed E-state index contributed by atoms with van der Waals surface area (Å²) < 4.78 is 29.0. The number of rotatable bonds is 0. The van der Waals surface area contributed by atoms with Crippen LogP contribution in [0.5, 0.6) is 0 Å². The summed E-state index contributed by atoms with van der Waals surface area (Å²) in [5.74, 6) is 0. The maximum absolute atomic E-state index is 9.67. The van der Waals surface area contributed by atoms with E-state index in [9.17, 15) is 13.2 Å². The van der Waals surface area contributed by atoms with Gasteiger partial charge in [0.05, 0.1) is 0 Å². The molecule has 0 bridgehead atoms. The third-order valence-electron chi connectivity index (χ3n) is 2.67. The summed E-state index contributed by atoms with van der Waals surface area (Å²) in [6, 6.07) is 0. The molecular formula is C17H25F3Rh. The fourth-order valence-corrected chi connectivity index (χ4v) is 1.71. The Hall–Kier alpha value is -0.627. The third kappa shape index (κ3) is 24.7. The van der Waals surface area contributed by atoms with E-state index in [1.165, 1.54) is 51.4 Å². The van der Waals surface area contributed by atoms with E-state index >= 15 is 0 Å². The first kappa shape index (κ1) is 22.7. The normalized spacial score (nSPS) is 17.0. The van der Waals surface area contributed by atoms with Gasteiger partial charge in [0.15, 0.2) is 0 Å². The van der Waals surface area contributed by atoms with Gasteiger partial charge in [-0.2, -0.15) is 13.2 Å². The molecule has 0 unspecified atom stereocenters. The molecule has 0 aliphatic heterocycles. The molecule has 1 radical (unpaired) electrons. The Morgan fingerprint density at radius 1 is 0.429 bits per heavy atom. The van der Waals surface area contributed by atoms with E-state index in [1.807, 2.05) is 0 Å². The van der Waals surface area contributed by atoms with Crippen LogP contribution in [0.2, 0.25) is 0 Å². The molecule has 0 heterocycles.